The van der Waals surface area contributed by atoms with Crippen LogP contribution in [-0.4, -0.2) is 65.2 Å². The highest BCUT2D eigenvalue weighted by molar-refractivity contribution is 5.77. The Balaban J connectivity index is 1.25. The zero-order valence-corrected chi connectivity index (χ0v) is 31.9. The van der Waals surface area contributed by atoms with Crippen molar-refractivity contribution in [2.45, 2.75) is 116 Å². The summed E-state index contributed by atoms with van der Waals surface area (Å²) in [6, 6.07) is 24.0. The van der Waals surface area contributed by atoms with Gasteiger partial charge in [-0.25, -0.2) is 0 Å². The molecule has 0 radical (unpaired) electrons. The van der Waals surface area contributed by atoms with E-state index in [1.54, 1.807) is 0 Å². The van der Waals surface area contributed by atoms with Crippen molar-refractivity contribution >= 4 is 17.8 Å². The quantitative estimate of drug-likeness (QED) is 0.116. The van der Waals surface area contributed by atoms with Crippen LogP contribution in [0, 0.1) is 5.92 Å². The van der Waals surface area contributed by atoms with Crippen LogP contribution in [0.1, 0.15) is 108 Å². The number of nitrogens with one attached hydrogen (secondary N) is 2. The van der Waals surface area contributed by atoms with E-state index in [9.17, 15) is 19.5 Å². The van der Waals surface area contributed by atoms with Gasteiger partial charge in [-0.05, 0) is 86.9 Å². The van der Waals surface area contributed by atoms with E-state index in [0.717, 1.165) is 72.0 Å². The first-order valence-electron chi connectivity index (χ1n) is 19.1. The lowest BCUT2D eigenvalue weighted by molar-refractivity contribution is -0.276. The number of benzene rings is 3. The fourth-order valence-electron chi connectivity index (χ4n) is 7.07. The number of carbonyl (C=O) groups excluding carboxylic acids is 3. The van der Waals surface area contributed by atoms with Crippen molar-refractivity contribution in [3.63, 3.8) is 0 Å². The summed E-state index contributed by atoms with van der Waals surface area (Å²) in [5.41, 5.74) is 5.30. The molecule has 2 aliphatic rings. The van der Waals surface area contributed by atoms with Gasteiger partial charge >= 0.3 is 5.97 Å². The highest BCUT2D eigenvalue weighted by Crippen LogP contribution is 2.42. The third-order valence-electron chi connectivity index (χ3n) is 9.97. The molecule has 5 rings (SSSR count). The topological polar surface area (TPSA) is 126 Å². The van der Waals surface area contributed by atoms with Gasteiger partial charge in [0, 0.05) is 44.5 Å². The lowest BCUT2D eigenvalue weighted by Gasteiger charge is -2.43. The Kier molecular flexibility index (Phi) is 14.2. The average molecular weight is 728 g/mol. The second-order valence-corrected chi connectivity index (χ2v) is 15.4. The second-order valence-electron chi connectivity index (χ2n) is 15.4. The summed E-state index contributed by atoms with van der Waals surface area (Å²) in [5, 5.41) is 15.4. The van der Waals surface area contributed by atoms with Crippen molar-refractivity contribution in [2.75, 3.05) is 19.6 Å². The number of nitrogens with zero attached hydrogens (tertiary/aromatic N) is 1. The third kappa shape index (κ3) is 11.7. The molecule has 10 heteroatoms. The van der Waals surface area contributed by atoms with Crippen molar-refractivity contribution in [1.82, 2.24) is 15.5 Å². The van der Waals surface area contributed by atoms with Crippen LogP contribution >= 0.6 is 0 Å². The van der Waals surface area contributed by atoms with Gasteiger partial charge in [-0.2, -0.15) is 0 Å². The molecule has 10 nitrogen and oxygen atoms in total. The smallest absolute Gasteiger partial charge is 0.323 e. The number of ether oxygens (including phenoxy) is 3. The molecule has 286 valence electrons. The van der Waals surface area contributed by atoms with E-state index >= 15 is 0 Å². The van der Waals surface area contributed by atoms with E-state index in [-0.39, 0.29) is 48.6 Å². The fourth-order valence-corrected chi connectivity index (χ4v) is 7.07. The van der Waals surface area contributed by atoms with Crippen LogP contribution in [0.3, 0.4) is 0 Å². The summed E-state index contributed by atoms with van der Waals surface area (Å²) in [5.74, 6) is -0.204. The molecule has 2 amide bonds. The highest BCUT2D eigenvalue weighted by Gasteiger charge is 2.42. The molecule has 3 aromatic rings. The lowest BCUT2D eigenvalue weighted by atomic mass is 9.89. The van der Waals surface area contributed by atoms with Gasteiger partial charge in [0.15, 0.2) is 6.29 Å². The number of unbranched alkanes of at least 4 members (excludes halogenated alkanes) is 2. The number of amides is 2. The van der Waals surface area contributed by atoms with Gasteiger partial charge in [0.05, 0.1) is 18.8 Å². The molecule has 2 saturated heterocycles. The van der Waals surface area contributed by atoms with E-state index in [2.05, 4.69) is 46.7 Å². The molecule has 2 fully saturated rings. The summed E-state index contributed by atoms with van der Waals surface area (Å²) >= 11 is 0. The van der Waals surface area contributed by atoms with Gasteiger partial charge < -0.3 is 30.0 Å². The number of carbonyl (C=O) groups is 3. The van der Waals surface area contributed by atoms with E-state index in [0.29, 0.717) is 26.1 Å². The molecule has 0 unspecified atom stereocenters. The normalized spacial score (nSPS) is 22.0. The Morgan fingerprint density at radius 1 is 0.887 bits per heavy atom. The highest BCUT2D eigenvalue weighted by atomic mass is 16.7. The molecule has 2 heterocycles. The minimum absolute atomic E-state index is 0.0105. The van der Waals surface area contributed by atoms with Crippen molar-refractivity contribution in [3.8, 4) is 11.1 Å². The van der Waals surface area contributed by atoms with Crippen LogP contribution in [0.25, 0.3) is 11.1 Å². The number of hydrogen-bond acceptors (Lipinski definition) is 8. The predicted octanol–water partition coefficient (Wildman–Crippen LogP) is 6.76. The third-order valence-corrected chi connectivity index (χ3v) is 9.97. The maximum Gasteiger partial charge on any atom is 0.323 e. The Bertz CT molecular complexity index is 1650. The zero-order valence-electron chi connectivity index (χ0n) is 31.9. The first-order chi connectivity index (χ1) is 25.4. The molecule has 53 heavy (non-hydrogen) atoms. The van der Waals surface area contributed by atoms with Crippen LogP contribution in [0.5, 0.6) is 0 Å². The maximum atomic E-state index is 13.2. The number of hydrogen-bond donors (Lipinski definition) is 3. The minimum atomic E-state index is -0.623. The second kappa shape index (κ2) is 18.8. The Hall–Kier alpha value is -4.09. The van der Waals surface area contributed by atoms with Crippen LogP contribution in [0.2, 0.25) is 0 Å². The van der Waals surface area contributed by atoms with Crippen LogP contribution < -0.4 is 10.6 Å². The largest absolute Gasteiger partial charge is 0.459 e. The summed E-state index contributed by atoms with van der Waals surface area (Å²) in [7, 11) is 0. The molecule has 0 bridgehead atoms. The Labute approximate surface area is 314 Å². The molecule has 5 atom stereocenters. The van der Waals surface area contributed by atoms with Crippen molar-refractivity contribution in [1.29, 1.82) is 0 Å². The monoisotopic (exact) mass is 727 g/mol. The van der Waals surface area contributed by atoms with E-state index < -0.39 is 11.9 Å². The standard InChI is InChI=1S/C43H57N3O7/c1-29-38(27-46-24-10-13-37(46)41(50)53-43(3,4)5)51-42(52-40(29)34-17-15-31(28-47)16-18-34)35-21-19-33(20-22-35)36-12-9-11-32(25-36)26-45-39(49)14-7-6-8-23-44-30(2)48/h9,11-12,15-22,25,29,37-38,40,42,47H,6-8,10,13-14,23-24,26-28H2,1-5H3,(H,44,48)(H,45,49)/t29-,37+,38+,40+,42+/m1/s1. The first-order valence-corrected chi connectivity index (χ1v) is 19.1. The number of likely N-dealkylation sites (tertiary alicyclic amines) is 1. The van der Waals surface area contributed by atoms with Gasteiger partial charge in [-0.15, -0.1) is 0 Å². The average Bonchev–Trinajstić information content (AvgIpc) is 3.61. The summed E-state index contributed by atoms with van der Waals surface area (Å²) in [4.78, 5) is 38.8. The van der Waals surface area contributed by atoms with E-state index in [1.807, 2.05) is 69.3 Å². The number of rotatable bonds is 15. The molecular formula is C43H57N3O7. The summed E-state index contributed by atoms with van der Waals surface area (Å²) < 4.78 is 19.2. The minimum Gasteiger partial charge on any atom is -0.459 e. The molecule has 0 aromatic heterocycles. The molecule has 0 spiro atoms. The maximum absolute atomic E-state index is 13.2. The SMILES string of the molecule is CC(=O)NCCCCCC(=O)NCc1cccc(-c2ccc([C@H]3O[C@@H](CN4CCC[C@H]4C(=O)OC(C)(C)C)[C@@H](C)[C@@H](c4ccc(CO)cc4)O3)cc2)c1. The van der Waals surface area contributed by atoms with Crippen molar-refractivity contribution < 1.29 is 33.7 Å². The van der Waals surface area contributed by atoms with Crippen LogP contribution in [-0.2, 0) is 41.7 Å². The number of aliphatic hydroxyl groups is 1. The number of esters is 1. The van der Waals surface area contributed by atoms with Gasteiger partial charge in [0.1, 0.15) is 11.6 Å². The molecular weight excluding hydrogens is 670 g/mol. The van der Waals surface area contributed by atoms with E-state index in [1.165, 1.54) is 6.92 Å². The van der Waals surface area contributed by atoms with E-state index in [4.69, 9.17) is 14.2 Å². The lowest BCUT2D eigenvalue weighted by Crippen LogP contribution is -2.48. The van der Waals surface area contributed by atoms with Crippen molar-refractivity contribution in [2.24, 2.45) is 5.92 Å². The molecule has 0 aliphatic carbocycles. The predicted molar refractivity (Wildman–Crippen MR) is 204 cm³/mol. The molecule has 0 saturated carbocycles. The molecule has 3 aromatic carbocycles. The van der Waals surface area contributed by atoms with Gasteiger partial charge in [0.25, 0.3) is 0 Å². The zero-order chi connectivity index (χ0) is 38.0. The Morgan fingerprint density at radius 3 is 2.32 bits per heavy atom. The number of aliphatic hydroxyl groups excluding tert-OH is 1. The van der Waals surface area contributed by atoms with Crippen LogP contribution in [0.15, 0.2) is 72.8 Å². The van der Waals surface area contributed by atoms with Gasteiger partial charge in [0.2, 0.25) is 11.8 Å². The van der Waals surface area contributed by atoms with Gasteiger partial charge in [-0.3, -0.25) is 19.3 Å². The van der Waals surface area contributed by atoms with Crippen molar-refractivity contribution in [3.05, 3.63) is 95.1 Å². The van der Waals surface area contributed by atoms with Gasteiger partial charge in [-0.1, -0.05) is 80.1 Å². The fraction of sp³-hybridized carbons (Fsp3) is 0.512. The Morgan fingerprint density at radius 2 is 1.62 bits per heavy atom. The van der Waals surface area contributed by atoms with Crippen LogP contribution in [0.4, 0.5) is 0 Å². The molecule has 2 aliphatic heterocycles. The first kappa shape index (κ1) is 40.1. The summed E-state index contributed by atoms with van der Waals surface area (Å²) in [6.45, 7) is 11.8. The molecule has 3 N–H and O–H groups in total. The summed E-state index contributed by atoms with van der Waals surface area (Å²) in [6.07, 6.45) is 3.59.